The number of aliphatic imine (C=N–C) groups is 1. The number of amidine groups is 1. The number of rotatable bonds is 7. The summed E-state index contributed by atoms with van der Waals surface area (Å²) in [5.74, 6) is 1.06. The van der Waals surface area contributed by atoms with Gasteiger partial charge in [0.1, 0.15) is 16.3 Å². The van der Waals surface area contributed by atoms with Gasteiger partial charge in [0.25, 0.3) is 0 Å². The fourth-order valence-corrected chi connectivity index (χ4v) is 4.01. The summed E-state index contributed by atoms with van der Waals surface area (Å²) in [6.45, 7) is 4.96. The van der Waals surface area contributed by atoms with Gasteiger partial charge in [0, 0.05) is 31.7 Å². The highest BCUT2D eigenvalue weighted by molar-refractivity contribution is 7.71. The molecule has 0 atom stereocenters. The van der Waals surface area contributed by atoms with Crippen LogP contribution in [-0.4, -0.2) is 24.8 Å². The van der Waals surface area contributed by atoms with Crippen LogP contribution in [0.15, 0.2) is 82.8 Å². The zero-order chi connectivity index (χ0) is 24.9. The number of hydrogen-bond acceptors (Lipinski definition) is 5. The molecule has 0 bridgehead atoms. The van der Waals surface area contributed by atoms with Gasteiger partial charge in [-0.3, -0.25) is 14.1 Å². The SMILES string of the molecule is CC(C)Cn1c(N)c(C(=NCc2ccc(-n3cccn3)cc2)Nc2ccccc2)c(=S)n(C)c1=O. The number of hydrogen-bond donors (Lipinski definition) is 2. The van der Waals surface area contributed by atoms with E-state index in [0.717, 1.165) is 16.9 Å². The average Bonchev–Trinajstić information content (AvgIpc) is 3.40. The van der Waals surface area contributed by atoms with Gasteiger partial charge < -0.3 is 11.1 Å². The van der Waals surface area contributed by atoms with Gasteiger partial charge >= 0.3 is 5.69 Å². The monoisotopic (exact) mass is 487 g/mol. The number of aromatic nitrogens is 4. The summed E-state index contributed by atoms with van der Waals surface area (Å²) in [7, 11) is 1.67. The first-order valence-electron chi connectivity index (χ1n) is 11.4. The standard InChI is InChI=1S/C26H29N7OS/c1-18(2)17-32-23(27)22(25(35)31(3)26(32)34)24(30-20-8-5-4-6-9-20)28-16-19-10-12-21(13-11-19)33-15-7-14-29-33/h4-15,18H,16-17,27H2,1-3H3,(H,28,30). The molecule has 4 aromatic rings. The Balaban J connectivity index is 1.76. The van der Waals surface area contributed by atoms with Crippen LogP contribution in [0.5, 0.6) is 0 Å². The van der Waals surface area contributed by atoms with Crippen molar-refractivity contribution in [1.29, 1.82) is 0 Å². The normalized spacial score (nSPS) is 11.7. The van der Waals surface area contributed by atoms with Crippen LogP contribution in [0.25, 0.3) is 5.69 Å². The highest BCUT2D eigenvalue weighted by Crippen LogP contribution is 2.18. The van der Waals surface area contributed by atoms with Crippen LogP contribution in [0, 0.1) is 10.6 Å². The maximum atomic E-state index is 12.9. The Hall–Kier alpha value is -3.98. The van der Waals surface area contributed by atoms with Crippen LogP contribution in [0.2, 0.25) is 0 Å². The lowest BCUT2D eigenvalue weighted by molar-refractivity contribution is 0.495. The molecule has 0 aliphatic carbocycles. The third-order valence-corrected chi connectivity index (χ3v) is 6.01. The van der Waals surface area contributed by atoms with Crippen molar-refractivity contribution in [2.24, 2.45) is 18.0 Å². The van der Waals surface area contributed by atoms with E-state index in [1.54, 1.807) is 22.5 Å². The Morgan fingerprint density at radius 3 is 2.46 bits per heavy atom. The maximum Gasteiger partial charge on any atom is 0.330 e. The largest absolute Gasteiger partial charge is 0.384 e. The van der Waals surface area contributed by atoms with Crippen molar-refractivity contribution >= 4 is 29.6 Å². The molecule has 0 amide bonds. The minimum atomic E-state index is -0.238. The highest BCUT2D eigenvalue weighted by atomic mass is 32.1. The lowest BCUT2D eigenvalue weighted by Gasteiger charge is -2.19. The topological polar surface area (TPSA) is 95.2 Å². The molecule has 0 unspecified atom stereocenters. The smallest absolute Gasteiger partial charge is 0.330 e. The van der Waals surface area contributed by atoms with Crippen LogP contribution in [0.4, 0.5) is 11.5 Å². The summed E-state index contributed by atoms with van der Waals surface area (Å²) in [5, 5.41) is 7.63. The second-order valence-electron chi connectivity index (χ2n) is 8.68. The molecule has 0 saturated heterocycles. The second-order valence-corrected chi connectivity index (χ2v) is 9.07. The number of nitrogens with two attached hydrogens (primary N) is 1. The van der Waals surface area contributed by atoms with E-state index in [9.17, 15) is 4.79 Å². The Kier molecular flexibility index (Phi) is 7.26. The van der Waals surface area contributed by atoms with Gasteiger partial charge in [0.05, 0.1) is 17.8 Å². The first-order valence-corrected chi connectivity index (χ1v) is 11.8. The van der Waals surface area contributed by atoms with Crippen molar-refractivity contribution in [3.63, 3.8) is 0 Å². The van der Waals surface area contributed by atoms with Crippen molar-refractivity contribution in [1.82, 2.24) is 18.9 Å². The lowest BCUT2D eigenvalue weighted by Crippen LogP contribution is -2.36. The van der Waals surface area contributed by atoms with Gasteiger partial charge in [-0.1, -0.05) is 56.4 Å². The van der Waals surface area contributed by atoms with Crippen LogP contribution < -0.4 is 16.7 Å². The molecule has 4 rings (SSSR count). The molecule has 0 aliphatic rings. The number of anilines is 2. The zero-order valence-corrected chi connectivity index (χ0v) is 20.9. The van der Waals surface area contributed by atoms with Crippen molar-refractivity contribution in [3.05, 3.63) is 99.3 Å². The molecular weight excluding hydrogens is 458 g/mol. The van der Waals surface area contributed by atoms with Crippen molar-refractivity contribution in [2.75, 3.05) is 11.1 Å². The van der Waals surface area contributed by atoms with E-state index >= 15 is 0 Å². The third-order valence-electron chi connectivity index (χ3n) is 5.53. The zero-order valence-electron chi connectivity index (χ0n) is 20.0. The minimum Gasteiger partial charge on any atom is -0.384 e. The summed E-state index contributed by atoms with van der Waals surface area (Å²) < 4.78 is 5.16. The van der Waals surface area contributed by atoms with E-state index in [1.165, 1.54) is 4.57 Å². The predicted molar refractivity (Wildman–Crippen MR) is 144 cm³/mol. The van der Waals surface area contributed by atoms with E-state index in [2.05, 4.69) is 10.4 Å². The Bertz CT molecular complexity index is 1430. The number of para-hydroxylation sites is 1. The van der Waals surface area contributed by atoms with Crippen LogP contribution in [0.3, 0.4) is 0 Å². The predicted octanol–water partition coefficient (Wildman–Crippen LogP) is 4.40. The van der Waals surface area contributed by atoms with Crippen LogP contribution in [0.1, 0.15) is 25.0 Å². The molecule has 9 heteroatoms. The van der Waals surface area contributed by atoms with Gasteiger partial charge in [-0.15, -0.1) is 0 Å². The first kappa shape index (κ1) is 24.2. The van der Waals surface area contributed by atoms with Gasteiger partial charge in [0.15, 0.2) is 0 Å². The Morgan fingerprint density at radius 1 is 1.11 bits per heavy atom. The summed E-state index contributed by atoms with van der Waals surface area (Å²) in [6, 6.07) is 19.6. The lowest BCUT2D eigenvalue weighted by atomic mass is 10.2. The molecule has 0 spiro atoms. The van der Waals surface area contributed by atoms with Gasteiger partial charge in [0.2, 0.25) is 0 Å². The first-order chi connectivity index (χ1) is 16.8. The fourth-order valence-electron chi connectivity index (χ4n) is 3.73. The molecular formula is C26H29N7OS. The average molecular weight is 488 g/mol. The van der Waals surface area contributed by atoms with Crippen molar-refractivity contribution in [3.8, 4) is 5.69 Å². The molecule has 0 saturated carbocycles. The van der Waals surface area contributed by atoms with Gasteiger partial charge in [-0.05, 0) is 41.8 Å². The molecule has 0 aliphatic heterocycles. The van der Waals surface area contributed by atoms with E-state index in [4.69, 9.17) is 22.9 Å². The van der Waals surface area contributed by atoms with Crippen LogP contribution in [-0.2, 0) is 20.1 Å². The van der Waals surface area contributed by atoms with E-state index < -0.39 is 0 Å². The van der Waals surface area contributed by atoms with E-state index in [-0.39, 0.29) is 11.6 Å². The molecule has 2 heterocycles. The number of nitrogen functional groups attached to an aromatic ring is 1. The molecule has 0 fully saturated rings. The fraction of sp³-hybridized carbons (Fsp3) is 0.231. The molecule has 2 aromatic heterocycles. The molecule has 35 heavy (non-hydrogen) atoms. The van der Waals surface area contributed by atoms with Gasteiger partial charge in [-0.2, -0.15) is 5.10 Å². The molecule has 8 nitrogen and oxygen atoms in total. The van der Waals surface area contributed by atoms with Crippen LogP contribution >= 0.6 is 12.2 Å². The summed E-state index contributed by atoms with van der Waals surface area (Å²) in [4.78, 5) is 17.8. The molecule has 180 valence electrons. The minimum absolute atomic E-state index is 0.231. The molecule has 2 aromatic carbocycles. The van der Waals surface area contributed by atoms with Crippen molar-refractivity contribution in [2.45, 2.75) is 26.9 Å². The summed E-state index contributed by atoms with van der Waals surface area (Å²) in [5.41, 5.74) is 9.68. The van der Waals surface area contributed by atoms with Gasteiger partial charge in [-0.25, -0.2) is 9.48 Å². The van der Waals surface area contributed by atoms with Crippen molar-refractivity contribution < 1.29 is 0 Å². The van der Waals surface area contributed by atoms with E-state index in [1.807, 2.05) is 80.7 Å². The number of nitrogens with zero attached hydrogens (tertiary/aromatic N) is 5. The second kappa shape index (κ2) is 10.5. The Labute approximate surface area is 209 Å². The summed E-state index contributed by atoms with van der Waals surface area (Å²) in [6.07, 6.45) is 3.64. The van der Waals surface area contributed by atoms with E-state index in [0.29, 0.717) is 34.9 Å². The maximum absolute atomic E-state index is 12.9. The quantitative estimate of drug-likeness (QED) is 0.229. The summed E-state index contributed by atoms with van der Waals surface area (Å²) >= 11 is 5.67. The highest BCUT2D eigenvalue weighted by Gasteiger charge is 2.19. The Morgan fingerprint density at radius 2 is 1.83 bits per heavy atom. The molecule has 3 N–H and O–H groups in total. The molecule has 0 radical (unpaired) electrons. The number of nitrogens with one attached hydrogen (secondary N) is 1. The number of benzene rings is 2. The third kappa shape index (κ3) is 5.41.